The number of aliphatic carboxylic acids is 3. The number of hydrogen-bond acceptors (Lipinski definition) is 6. The summed E-state index contributed by atoms with van der Waals surface area (Å²) in [5.41, 5.74) is 0. The van der Waals surface area contributed by atoms with Crippen LogP contribution in [0.3, 0.4) is 0 Å². The van der Waals surface area contributed by atoms with E-state index in [1.807, 2.05) is 0 Å². The summed E-state index contributed by atoms with van der Waals surface area (Å²) in [4.78, 5) is 30.7. The predicted octanol–water partition coefficient (Wildman–Crippen LogP) is 15.8. The molecule has 0 amide bonds. The quantitative estimate of drug-likeness (QED) is 0.0443. The third-order valence-corrected chi connectivity index (χ3v) is 12.7. The van der Waals surface area contributed by atoms with Crippen molar-refractivity contribution >= 4 is 35.3 Å². The van der Waals surface area contributed by atoms with Gasteiger partial charge in [0.2, 0.25) is 0 Å². The minimum absolute atomic E-state index is 0. The molecule has 0 fully saturated rings. The van der Waals surface area contributed by atoms with E-state index >= 15 is 0 Å². The topological polar surface area (TPSA) is 120 Å². The molecule has 0 rings (SSSR count). The molecule has 0 aromatic rings. The average molecular weight is 919 g/mol. The van der Waals surface area contributed by atoms with Crippen molar-refractivity contribution in [2.24, 2.45) is 0 Å². The van der Waals surface area contributed by atoms with Gasteiger partial charge in [-0.3, -0.25) is 0 Å². The first-order valence-electron chi connectivity index (χ1n) is 28.4. The van der Waals surface area contributed by atoms with Gasteiger partial charge in [0.1, 0.15) is 0 Å². The van der Waals surface area contributed by atoms with Crippen LogP contribution < -0.4 is 15.3 Å². The van der Waals surface area contributed by atoms with E-state index < -0.39 is 17.9 Å². The molecule has 0 saturated heterocycles. The third-order valence-electron chi connectivity index (χ3n) is 12.7. The molecule has 378 valence electrons. The Morgan fingerprint density at radius 1 is 0.203 bits per heavy atom. The zero-order valence-electron chi connectivity index (χ0n) is 43.6. The van der Waals surface area contributed by atoms with E-state index in [1.165, 1.54) is 270 Å². The van der Waals surface area contributed by atoms with Crippen LogP contribution in [0.5, 0.6) is 0 Å². The van der Waals surface area contributed by atoms with Crippen molar-refractivity contribution in [3.05, 3.63) is 0 Å². The van der Waals surface area contributed by atoms with Gasteiger partial charge in [0.05, 0.1) is 0 Å². The second kappa shape index (κ2) is 66.2. The molecule has 0 aromatic heterocycles. The van der Waals surface area contributed by atoms with Crippen LogP contribution in [0.15, 0.2) is 0 Å². The summed E-state index contributed by atoms with van der Waals surface area (Å²) in [7, 11) is 0. The standard InChI is InChI=1S/3C19H38O2.Al/c3*1-2-3-4-5-6-7-8-9-10-11-12-13-14-15-16-17-18-19(20)21;/h3*2-18H2,1H3,(H,20,21);/q;;;+3/p-3. The molecule has 7 heteroatoms. The molecule has 0 aliphatic heterocycles. The number of rotatable bonds is 51. The molecule has 0 aliphatic carbocycles. The molecule has 0 bridgehead atoms. The Morgan fingerprint density at radius 2 is 0.297 bits per heavy atom. The molecule has 0 N–H and O–H groups in total. The van der Waals surface area contributed by atoms with Crippen molar-refractivity contribution < 1.29 is 29.7 Å². The maximum atomic E-state index is 10.2. The molecule has 0 heterocycles. The zero-order chi connectivity index (χ0) is 46.8. The molecule has 0 unspecified atom stereocenters. The summed E-state index contributed by atoms with van der Waals surface area (Å²) in [6, 6.07) is 0. The molecule has 0 spiro atoms. The fraction of sp³-hybridized carbons (Fsp3) is 0.947. The molecular weight excluding hydrogens is 808 g/mol. The fourth-order valence-electron chi connectivity index (χ4n) is 8.45. The molecule has 0 saturated carbocycles. The summed E-state index contributed by atoms with van der Waals surface area (Å²) in [6.07, 6.45) is 64.0. The number of hydrogen-bond donors (Lipinski definition) is 0. The first-order chi connectivity index (χ1) is 30.8. The van der Waals surface area contributed by atoms with E-state index in [0.29, 0.717) is 0 Å². The molecule has 6 nitrogen and oxygen atoms in total. The Bertz CT molecular complexity index is 758. The molecule has 0 aromatic carbocycles. The second-order valence-electron chi connectivity index (χ2n) is 19.3. The van der Waals surface area contributed by atoms with Crippen molar-refractivity contribution in [2.75, 3.05) is 0 Å². The monoisotopic (exact) mass is 919 g/mol. The third kappa shape index (κ3) is 78.1. The Balaban J connectivity index is -0.000000419. The normalized spacial score (nSPS) is 10.7. The number of carboxylic acid groups (broad SMARTS) is 3. The minimum atomic E-state index is -0.902. The maximum Gasteiger partial charge on any atom is 3.00 e. The first-order valence-corrected chi connectivity index (χ1v) is 28.4. The van der Waals surface area contributed by atoms with Crippen molar-refractivity contribution in [3.8, 4) is 0 Å². The van der Waals surface area contributed by atoms with Gasteiger partial charge < -0.3 is 29.7 Å². The fourth-order valence-corrected chi connectivity index (χ4v) is 8.45. The van der Waals surface area contributed by atoms with Crippen molar-refractivity contribution in [1.29, 1.82) is 0 Å². The molecule has 0 aliphatic rings. The number of carbonyl (C=O) groups is 3. The summed E-state index contributed by atoms with van der Waals surface area (Å²) in [5, 5.41) is 30.7. The van der Waals surface area contributed by atoms with Crippen LogP contribution in [0.1, 0.15) is 348 Å². The summed E-state index contributed by atoms with van der Waals surface area (Å²) in [6.45, 7) is 6.81. The Hall–Kier alpha value is -1.06. The summed E-state index contributed by atoms with van der Waals surface area (Å²) in [5.74, 6) is -2.71. The van der Waals surface area contributed by atoms with Gasteiger partial charge >= 0.3 is 17.4 Å². The summed E-state index contributed by atoms with van der Waals surface area (Å²) >= 11 is 0. The van der Waals surface area contributed by atoms with E-state index in [1.54, 1.807) is 0 Å². The van der Waals surface area contributed by atoms with E-state index in [2.05, 4.69) is 20.8 Å². The van der Waals surface area contributed by atoms with Gasteiger partial charge in [0, 0.05) is 17.9 Å². The Labute approximate surface area is 411 Å². The van der Waals surface area contributed by atoms with Crippen LogP contribution in [0, 0.1) is 0 Å². The van der Waals surface area contributed by atoms with Gasteiger partial charge in [-0.05, 0) is 38.5 Å². The molecule has 64 heavy (non-hydrogen) atoms. The van der Waals surface area contributed by atoms with Crippen molar-refractivity contribution in [3.63, 3.8) is 0 Å². The van der Waals surface area contributed by atoms with Crippen LogP contribution in [0.2, 0.25) is 0 Å². The largest absolute Gasteiger partial charge is 3.00 e. The van der Waals surface area contributed by atoms with Gasteiger partial charge in [0.25, 0.3) is 0 Å². The number of carbonyl (C=O) groups excluding carboxylic acids is 3. The molecular formula is C57H111AlO6. The van der Waals surface area contributed by atoms with Gasteiger partial charge in [-0.1, -0.05) is 310 Å². The van der Waals surface area contributed by atoms with E-state index in [9.17, 15) is 29.7 Å². The maximum absolute atomic E-state index is 10.2. The van der Waals surface area contributed by atoms with Crippen LogP contribution in [0.4, 0.5) is 0 Å². The first kappa shape index (κ1) is 69.5. The minimum Gasteiger partial charge on any atom is -0.550 e. The SMILES string of the molecule is CCCCCCCCCCCCCCCCCCC(=O)[O-].CCCCCCCCCCCCCCCCCCC(=O)[O-].CCCCCCCCCCCCCCCCCCC(=O)[O-].[Al+3]. The molecule has 0 radical (unpaired) electrons. The number of unbranched alkanes of at least 4 members (excludes halogenated alkanes) is 45. The molecule has 0 atom stereocenters. The van der Waals surface area contributed by atoms with Gasteiger partial charge in [0.15, 0.2) is 0 Å². The van der Waals surface area contributed by atoms with Crippen LogP contribution in [0.25, 0.3) is 0 Å². The van der Waals surface area contributed by atoms with Gasteiger partial charge in [-0.25, -0.2) is 0 Å². The van der Waals surface area contributed by atoms with Gasteiger partial charge in [-0.15, -0.1) is 0 Å². The van der Waals surface area contributed by atoms with Gasteiger partial charge in [-0.2, -0.15) is 0 Å². The second-order valence-corrected chi connectivity index (χ2v) is 19.3. The smallest absolute Gasteiger partial charge is 0.550 e. The van der Waals surface area contributed by atoms with E-state index in [0.717, 1.165) is 38.5 Å². The summed E-state index contributed by atoms with van der Waals surface area (Å²) < 4.78 is 0. The van der Waals surface area contributed by atoms with Crippen LogP contribution in [-0.2, 0) is 14.4 Å². The Kier molecular flexibility index (Phi) is 71.9. The zero-order valence-corrected chi connectivity index (χ0v) is 44.7. The van der Waals surface area contributed by atoms with Crippen molar-refractivity contribution in [1.82, 2.24) is 0 Å². The van der Waals surface area contributed by atoms with Crippen LogP contribution in [-0.4, -0.2) is 35.3 Å². The Morgan fingerprint density at radius 3 is 0.391 bits per heavy atom. The van der Waals surface area contributed by atoms with Crippen molar-refractivity contribution in [2.45, 2.75) is 348 Å². The van der Waals surface area contributed by atoms with E-state index in [-0.39, 0.29) is 36.6 Å². The van der Waals surface area contributed by atoms with E-state index in [4.69, 9.17) is 0 Å². The average Bonchev–Trinajstić information content (AvgIpc) is 3.26. The van der Waals surface area contributed by atoms with Crippen LogP contribution >= 0.6 is 0 Å². The number of carboxylic acids is 3. The predicted molar refractivity (Wildman–Crippen MR) is 273 cm³/mol.